The SMILES string of the molecule is COc1cccc([C@H](CNC(=O)c2csc(-c3cccc(OC)c3OC)n2)N2CCCC2)c1. The van der Waals surface area contributed by atoms with Crippen LogP contribution in [0.15, 0.2) is 47.8 Å². The molecule has 7 nitrogen and oxygen atoms in total. The number of thiazole rings is 1. The highest BCUT2D eigenvalue weighted by molar-refractivity contribution is 7.13. The van der Waals surface area contributed by atoms with Gasteiger partial charge in [0, 0.05) is 11.9 Å². The molecule has 1 saturated heterocycles. The molecule has 1 aliphatic heterocycles. The minimum absolute atomic E-state index is 0.0862. The van der Waals surface area contributed by atoms with Crippen molar-refractivity contribution in [1.82, 2.24) is 15.2 Å². The van der Waals surface area contributed by atoms with Crippen LogP contribution in [0.2, 0.25) is 0 Å². The van der Waals surface area contributed by atoms with E-state index in [0.29, 0.717) is 28.7 Å². The Morgan fingerprint density at radius 2 is 1.88 bits per heavy atom. The molecule has 1 fully saturated rings. The Hall–Kier alpha value is -3.10. The average molecular weight is 468 g/mol. The molecule has 1 atom stereocenters. The van der Waals surface area contributed by atoms with Gasteiger partial charge in [-0.3, -0.25) is 9.69 Å². The zero-order valence-corrected chi connectivity index (χ0v) is 20.0. The molecule has 8 heteroatoms. The summed E-state index contributed by atoms with van der Waals surface area (Å²) in [6.07, 6.45) is 2.35. The van der Waals surface area contributed by atoms with Gasteiger partial charge < -0.3 is 19.5 Å². The maximum atomic E-state index is 13.0. The highest BCUT2D eigenvalue weighted by Crippen LogP contribution is 2.39. The number of hydrogen-bond donors (Lipinski definition) is 1. The fourth-order valence-corrected chi connectivity index (χ4v) is 5.02. The van der Waals surface area contributed by atoms with Crippen molar-refractivity contribution in [2.45, 2.75) is 18.9 Å². The molecule has 0 spiro atoms. The number of benzene rings is 2. The number of rotatable bonds is 9. The number of carbonyl (C=O) groups excluding carboxylic acids is 1. The molecule has 2 aromatic carbocycles. The molecule has 1 aromatic heterocycles. The average Bonchev–Trinajstić information content (AvgIpc) is 3.56. The predicted octanol–water partition coefficient (Wildman–Crippen LogP) is 4.40. The van der Waals surface area contributed by atoms with E-state index in [1.54, 1.807) is 26.7 Å². The number of methoxy groups -OCH3 is 3. The quantitative estimate of drug-likeness (QED) is 0.503. The second-order valence-corrected chi connectivity index (χ2v) is 8.68. The summed E-state index contributed by atoms with van der Waals surface area (Å²) in [6, 6.07) is 13.8. The molecule has 4 rings (SSSR count). The van der Waals surface area contributed by atoms with E-state index in [2.05, 4.69) is 21.3 Å². The molecule has 1 aliphatic rings. The lowest BCUT2D eigenvalue weighted by Gasteiger charge is -2.28. The van der Waals surface area contributed by atoms with Crippen LogP contribution in [0.3, 0.4) is 0 Å². The van der Waals surface area contributed by atoms with Gasteiger partial charge in [-0.05, 0) is 55.8 Å². The van der Waals surface area contributed by atoms with Gasteiger partial charge in [0.25, 0.3) is 5.91 Å². The number of nitrogens with one attached hydrogen (secondary N) is 1. The topological polar surface area (TPSA) is 72.9 Å². The molecular weight excluding hydrogens is 438 g/mol. The van der Waals surface area contributed by atoms with E-state index in [0.717, 1.165) is 30.0 Å². The highest BCUT2D eigenvalue weighted by atomic mass is 32.1. The summed E-state index contributed by atoms with van der Waals surface area (Å²) < 4.78 is 16.3. The van der Waals surface area contributed by atoms with Crippen LogP contribution in [0.4, 0.5) is 0 Å². The number of para-hydroxylation sites is 1. The van der Waals surface area contributed by atoms with Crippen molar-refractivity contribution in [1.29, 1.82) is 0 Å². The Morgan fingerprint density at radius 1 is 1.09 bits per heavy atom. The lowest BCUT2D eigenvalue weighted by molar-refractivity contribution is 0.0933. The number of aromatic nitrogens is 1. The fourth-order valence-electron chi connectivity index (χ4n) is 4.20. The first-order valence-corrected chi connectivity index (χ1v) is 11.9. The second-order valence-electron chi connectivity index (χ2n) is 7.82. The third-order valence-corrected chi connectivity index (χ3v) is 6.76. The standard InChI is InChI=1S/C25H29N3O4S/c1-30-18-9-6-8-17(14-18)21(28-12-4-5-13-28)15-26-24(29)20-16-33-25(27-20)19-10-7-11-22(31-2)23(19)32-3/h6-11,14,16,21H,4-5,12-13,15H2,1-3H3,(H,26,29)/t21-/m0/s1. The van der Waals surface area contributed by atoms with Crippen LogP contribution in [0.25, 0.3) is 10.6 Å². The van der Waals surface area contributed by atoms with Crippen LogP contribution in [0, 0.1) is 0 Å². The van der Waals surface area contributed by atoms with E-state index in [1.165, 1.54) is 24.2 Å². The van der Waals surface area contributed by atoms with Gasteiger partial charge >= 0.3 is 0 Å². The van der Waals surface area contributed by atoms with E-state index in [9.17, 15) is 4.79 Å². The highest BCUT2D eigenvalue weighted by Gasteiger charge is 2.25. The summed E-state index contributed by atoms with van der Waals surface area (Å²) in [5, 5.41) is 5.58. The molecule has 0 radical (unpaired) electrons. The second kappa shape index (κ2) is 10.7. The Bertz CT molecular complexity index is 1090. The minimum atomic E-state index is -0.188. The molecule has 0 unspecified atom stereocenters. The summed E-state index contributed by atoms with van der Waals surface area (Å²) in [5.74, 6) is 1.86. The van der Waals surface area contributed by atoms with Crippen molar-refractivity contribution >= 4 is 17.2 Å². The summed E-state index contributed by atoms with van der Waals surface area (Å²) >= 11 is 1.41. The van der Waals surface area contributed by atoms with Gasteiger partial charge in [-0.15, -0.1) is 11.3 Å². The number of hydrogen-bond acceptors (Lipinski definition) is 7. The molecule has 1 amide bonds. The zero-order valence-electron chi connectivity index (χ0n) is 19.2. The molecular formula is C25H29N3O4S. The fraction of sp³-hybridized carbons (Fsp3) is 0.360. The van der Waals surface area contributed by atoms with Crippen LogP contribution >= 0.6 is 11.3 Å². The number of ether oxygens (including phenoxy) is 3. The maximum absolute atomic E-state index is 13.0. The molecule has 2 heterocycles. The van der Waals surface area contributed by atoms with Gasteiger partial charge in [0.2, 0.25) is 0 Å². The van der Waals surface area contributed by atoms with Crippen molar-refractivity contribution in [3.8, 4) is 27.8 Å². The Kier molecular flexibility index (Phi) is 7.47. The molecule has 1 N–H and O–H groups in total. The molecule has 174 valence electrons. The van der Waals surface area contributed by atoms with Crippen molar-refractivity contribution in [3.63, 3.8) is 0 Å². The van der Waals surface area contributed by atoms with Gasteiger partial charge in [0.1, 0.15) is 16.5 Å². The Balaban J connectivity index is 1.50. The predicted molar refractivity (Wildman–Crippen MR) is 130 cm³/mol. The van der Waals surface area contributed by atoms with E-state index in [-0.39, 0.29) is 11.9 Å². The minimum Gasteiger partial charge on any atom is -0.497 e. The van der Waals surface area contributed by atoms with Crippen LogP contribution in [0.1, 0.15) is 34.9 Å². The van der Waals surface area contributed by atoms with E-state index < -0.39 is 0 Å². The van der Waals surface area contributed by atoms with E-state index in [4.69, 9.17) is 14.2 Å². The van der Waals surface area contributed by atoms with Gasteiger partial charge in [-0.1, -0.05) is 18.2 Å². The van der Waals surface area contributed by atoms with Crippen LogP contribution < -0.4 is 19.5 Å². The lowest BCUT2D eigenvalue weighted by Crippen LogP contribution is -2.36. The number of likely N-dealkylation sites (tertiary alicyclic amines) is 1. The number of nitrogens with zero attached hydrogens (tertiary/aromatic N) is 2. The summed E-state index contributed by atoms with van der Waals surface area (Å²) in [7, 11) is 4.87. The first-order valence-electron chi connectivity index (χ1n) is 11.0. The first kappa shape index (κ1) is 23.1. The molecule has 33 heavy (non-hydrogen) atoms. The van der Waals surface area contributed by atoms with Crippen molar-refractivity contribution in [2.75, 3.05) is 41.0 Å². The zero-order chi connectivity index (χ0) is 23.2. The molecule has 0 bridgehead atoms. The molecule has 3 aromatic rings. The number of amides is 1. The van der Waals surface area contributed by atoms with Crippen LogP contribution in [0.5, 0.6) is 17.2 Å². The van der Waals surface area contributed by atoms with Crippen molar-refractivity contribution in [2.24, 2.45) is 0 Å². The van der Waals surface area contributed by atoms with Crippen molar-refractivity contribution in [3.05, 3.63) is 59.1 Å². The maximum Gasteiger partial charge on any atom is 0.270 e. The smallest absolute Gasteiger partial charge is 0.270 e. The summed E-state index contributed by atoms with van der Waals surface area (Å²) in [6.45, 7) is 2.55. The third-order valence-electron chi connectivity index (χ3n) is 5.89. The van der Waals surface area contributed by atoms with Crippen LogP contribution in [-0.2, 0) is 0 Å². The molecule has 0 saturated carbocycles. The Labute approximate surface area is 198 Å². The van der Waals surface area contributed by atoms with Gasteiger partial charge in [-0.2, -0.15) is 0 Å². The number of carbonyl (C=O) groups is 1. The normalized spacial score (nSPS) is 14.6. The summed E-state index contributed by atoms with van der Waals surface area (Å²) in [4.78, 5) is 20.0. The third kappa shape index (κ3) is 5.12. The van der Waals surface area contributed by atoms with Crippen molar-refractivity contribution < 1.29 is 19.0 Å². The molecule has 0 aliphatic carbocycles. The monoisotopic (exact) mass is 467 g/mol. The first-order chi connectivity index (χ1) is 16.1. The largest absolute Gasteiger partial charge is 0.497 e. The van der Waals surface area contributed by atoms with Gasteiger partial charge in [0.05, 0.1) is 32.9 Å². The van der Waals surface area contributed by atoms with Gasteiger partial charge in [-0.25, -0.2) is 4.98 Å². The van der Waals surface area contributed by atoms with Gasteiger partial charge in [0.15, 0.2) is 11.5 Å². The Morgan fingerprint density at radius 3 is 2.61 bits per heavy atom. The lowest BCUT2D eigenvalue weighted by atomic mass is 10.0. The van der Waals surface area contributed by atoms with E-state index >= 15 is 0 Å². The summed E-state index contributed by atoms with van der Waals surface area (Å²) in [5.41, 5.74) is 2.33. The van der Waals surface area contributed by atoms with E-state index in [1.807, 2.05) is 36.4 Å². The van der Waals surface area contributed by atoms with Crippen LogP contribution in [-0.4, -0.2) is 56.8 Å².